The summed E-state index contributed by atoms with van der Waals surface area (Å²) < 4.78 is 20.0. The second kappa shape index (κ2) is 4.33. The number of benzene rings is 1. The largest absolute Gasteiger partial charge is 0.497 e. The van der Waals surface area contributed by atoms with E-state index in [2.05, 4.69) is 0 Å². The van der Waals surface area contributed by atoms with E-state index in [-0.39, 0.29) is 0 Å². The summed E-state index contributed by atoms with van der Waals surface area (Å²) in [6, 6.07) is 6.64. The van der Waals surface area contributed by atoms with Gasteiger partial charge in [0.15, 0.2) is 0 Å². The molecule has 1 atom stereocenters. The van der Waals surface area contributed by atoms with Crippen molar-refractivity contribution in [3.05, 3.63) is 24.3 Å². The number of hydrogen-bond acceptors (Lipinski definition) is 3. The number of hydrogen-bond donors (Lipinski definition) is 0. The van der Waals surface area contributed by atoms with Crippen molar-refractivity contribution >= 4 is 21.0 Å². The summed E-state index contributed by atoms with van der Waals surface area (Å²) in [6.07, 6.45) is 0. The monoisotopic (exact) mass is 206 g/mol. The molecule has 0 aliphatic heterocycles. The maximum Gasteiger partial charge on any atom is 0.308 e. The first kappa shape index (κ1) is 9.35. The molecule has 0 saturated heterocycles. The van der Waals surface area contributed by atoms with Gasteiger partial charge in [-0.05, 0) is 24.3 Å². The van der Waals surface area contributed by atoms with Crippen LogP contribution in [-0.4, -0.2) is 11.3 Å². The van der Waals surface area contributed by atoms with E-state index >= 15 is 0 Å². The molecule has 0 spiro atoms. The molecule has 1 unspecified atom stereocenters. The first-order valence-corrected chi connectivity index (χ1v) is 5.03. The lowest BCUT2D eigenvalue weighted by molar-refractivity contribution is 0.414. The molecule has 0 amide bonds. The number of rotatable bonds is 3. The molecule has 1 aromatic rings. The van der Waals surface area contributed by atoms with E-state index in [1.54, 1.807) is 31.4 Å². The summed E-state index contributed by atoms with van der Waals surface area (Å²) in [6.45, 7) is 0. The van der Waals surface area contributed by atoms with Crippen molar-refractivity contribution in [1.82, 2.24) is 0 Å². The first-order chi connectivity index (χ1) is 5.72. The van der Waals surface area contributed by atoms with Gasteiger partial charge in [0, 0.05) is 10.7 Å². The van der Waals surface area contributed by atoms with Crippen LogP contribution in [0.25, 0.3) is 0 Å². The van der Waals surface area contributed by atoms with Crippen LogP contribution in [0.3, 0.4) is 0 Å². The molecule has 0 aliphatic carbocycles. The molecule has 3 nitrogen and oxygen atoms in total. The van der Waals surface area contributed by atoms with Crippen LogP contribution in [0.15, 0.2) is 24.3 Å². The Kier molecular flexibility index (Phi) is 3.37. The van der Waals surface area contributed by atoms with Crippen molar-refractivity contribution < 1.29 is 13.1 Å². The van der Waals surface area contributed by atoms with Crippen LogP contribution in [0, 0.1) is 0 Å². The summed E-state index contributed by atoms with van der Waals surface area (Å²) in [5, 5.41) is 0. The normalized spacial score (nSPS) is 12.2. The first-order valence-electron chi connectivity index (χ1n) is 3.13. The van der Waals surface area contributed by atoms with Gasteiger partial charge in [-0.25, -0.2) is 0 Å². The highest BCUT2D eigenvalue weighted by Crippen LogP contribution is 2.18. The van der Waals surface area contributed by atoms with Crippen LogP contribution in [0.1, 0.15) is 0 Å². The fourth-order valence-electron chi connectivity index (χ4n) is 0.707. The molecule has 12 heavy (non-hydrogen) atoms. The van der Waals surface area contributed by atoms with E-state index in [9.17, 15) is 4.21 Å². The Morgan fingerprint density at radius 3 is 2.17 bits per heavy atom. The Morgan fingerprint density at radius 2 is 1.75 bits per heavy atom. The highest BCUT2D eigenvalue weighted by molar-refractivity contribution is 8.04. The fourth-order valence-corrected chi connectivity index (χ4v) is 1.19. The summed E-state index contributed by atoms with van der Waals surface area (Å²) in [5.41, 5.74) is 0. The maximum atomic E-state index is 10.4. The fraction of sp³-hybridized carbons (Fsp3) is 0.143. The molecule has 1 aromatic carbocycles. The molecule has 0 fully saturated rings. The second-order valence-electron chi connectivity index (χ2n) is 1.95. The minimum absolute atomic E-state index is 0.448. The standard InChI is InChI=1S/C7H7ClO3S/c1-10-6-2-4-7(5-3-6)11-12(8)9/h2-5H,1H3. The van der Waals surface area contributed by atoms with Gasteiger partial charge in [0.05, 0.1) is 7.11 Å². The van der Waals surface area contributed by atoms with Crippen LogP contribution in [-0.2, 0) is 10.3 Å². The molecule has 5 heteroatoms. The van der Waals surface area contributed by atoms with E-state index in [1.165, 1.54) is 0 Å². The summed E-state index contributed by atoms with van der Waals surface area (Å²) in [5.74, 6) is 1.16. The Morgan fingerprint density at radius 1 is 1.25 bits per heavy atom. The van der Waals surface area contributed by atoms with Crippen LogP contribution in [0.5, 0.6) is 11.5 Å². The van der Waals surface area contributed by atoms with Crippen molar-refractivity contribution in [2.45, 2.75) is 0 Å². The molecule has 0 N–H and O–H groups in total. The predicted molar refractivity (Wildman–Crippen MR) is 47.6 cm³/mol. The van der Waals surface area contributed by atoms with Gasteiger partial charge in [-0.15, -0.1) is 0 Å². The average Bonchev–Trinajstić information content (AvgIpc) is 2.05. The van der Waals surface area contributed by atoms with Crippen molar-refractivity contribution in [1.29, 1.82) is 0 Å². The van der Waals surface area contributed by atoms with Crippen LogP contribution in [0.4, 0.5) is 0 Å². The van der Waals surface area contributed by atoms with Crippen molar-refractivity contribution in [3.8, 4) is 11.5 Å². The molecular weight excluding hydrogens is 200 g/mol. The molecule has 0 radical (unpaired) electrons. The molecule has 66 valence electrons. The summed E-state index contributed by atoms with van der Waals surface area (Å²) in [7, 11) is 4.88. The lowest BCUT2D eigenvalue weighted by Gasteiger charge is -2.01. The topological polar surface area (TPSA) is 35.5 Å². The van der Waals surface area contributed by atoms with Gasteiger partial charge in [0.2, 0.25) is 0 Å². The second-order valence-corrected chi connectivity index (χ2v) is 3.26. The van der Waals surface area contributed by atoms with Gasteiger partial charge in [0.1, 0.15) is 11.5 Å². The number of ether oxygens (including phenoxy) is 1. The molecule has 1 rings (SSSR count). The zero-order valence-electron chi connectivity index (χ0n) is 6.32. The number of methoxy groups -OCH3 is 1. The molecule has 0 aromatic heterocycles. The van der Waals surface area contributed by atoms with E-state index in [0.717, 1.165) is 0 Å². The van der Waals surface area contributed by atoms with Crippen LogP contribution in [0.2, 0.25) is 0 Å². The van der Waals surface area contributed by atoms with Crippen LogP contribution >= 0.6 is 10.7 Å². The summed E-state index contributed by atoms with van der Waals surface area (Å²) in [4.78, 5) is 0. The third kappa shape index (κ3) is 2.71. The Balaban J connectivity index is 2.71. The van der Waals surface area contributed by atoms with Gasteiger partial charge in [0.25, 0.3) is 0 Å². The van der Waals surface area contributed by atoms with Gasteiger partial charge in [-0.3, -0.25) is 0 Å². The molecular formula is C7H7ClO3S. The van der Waals surface area contributed by atoms with Crippen molar-refractivity contribution in [2.24, 2.45) is 0 Å². The van der Waals surface area contributed by atoms with E-state index in [4.69, 9.17) is 19.6 Å². The Labute approximate surface area is 77.4 Å². The zero-order valence-corrected chi connectivity index (χ0v) is 7.89. The smallest absolute Gasteiger partial charge is 0.308 e. The quantitative estimate of drug-likeness (QED) is 0.709. The molecule has 0 saturated carbocycles. The summed E-state index contributed by atoms with van der Waals surface area (Å²) >= 11 is 0. The lowest BCUT2D eigenvalue weighted by Crippen LogP contribution is -1.91. The van der Waals surface area contributed by atoms with Gasteiger partial charge in [-0.1, -0.05) is 0 Å². The Hall–Kier alpha value is -0.740. The lowest BCUT2D eigenvalue weighted by atomic mass is 10.3. The molecule has 0 bridgehead atoms. The average molecular weight is 207 g/mol. The SMILES string of the molecule is COc1ccc(OS(=O)Cl)cc1. The molecule has 0 aliphatic rings. The Bertz CT molecular complexity index is 272. The van der Waals surface area contributed by atoms with Crippen molar-refractivity contribution in [2.75, 3.05) is 7.11 Å². The van der Waals surface area contributed by atoms with Gasteiger partial charge >= 0.3 is 10.3 Å². The highest BCUT2D eigenvalue weighted by Gasteiger charge is 1.97. The van der Waals surface area contributed by atoms with Crippen molar-refractivity contribution in [3.63, 3.8) is 0 Å². The minimum atomic E-state index is -1.79. The van der Waals surface area contributed by atoms with E-state index in [0.29, 0.717) is 11.5 Å². The highest BCUT2D eigenvalue weighted by atomic mass is 35.7. The maximum absolute atomic E-state index is 10.4. The third-order valence-electron chi connectivity index (χ3n) is 1.22. The third-order valence-corrected chi connectivity index (χ3v) is 1.73. The van der Waals surface area contributed by atoms with Gasteiger partial charge in [-0.2, -0.15) is 4.21 Å². The minimum Gasteiger partial charge on any atom is -0.497 e. The van der Waals surface area contributed by atoms with Gasteiger partial charge < -0.3 is 8.92 Å². The van der Waals surface area contributed by atoms with E-state index in [1.807, 2.05) is 0 Å². The zero-order chi connectivity index (χ0) is 8.97. The predicted octanol–water partition coefficient (Wildman–Crippen LogP) is 1.89. The van der Waals surface area contributed by atoms with Crippen LogP contribution < -0.4 is 8.92 Å². The molecule has 0 heterocycles. The van der Waals surface area contributed by atoms with E-state index < -0.39 is 10.3 Å². The number of halogens is 1.